The number of hydrogen-bond donors (Lipinski definition) is 1. The largest absolute Gasteiger partial charge is 0.462 e. The second-order valence-corrected chi connectivity index (χ2v) is 5.07. The number of nitrogen functional groups attached to an aromatic ring is 1. The molecule has 0 amide bonds. The molecule has 0 saturated carbocycles. The Hall–Kier alpha value is -2.37. The van der Waals surface area contributed by atoms with E-state index in [2.05, 4.69) is 9.97 Å². The minimum atomic E-state index is -0.423. The van der Waals surface area contributed by atoms with Gasteiger partial charge in [-0.2, -0.15) is 0 Å². The highest BCUT2D eigenvalue weighted by molar-refractivity contribution is 5.95. The number of carbonyl (C=O) groups excluding carboxylic acids is 1. The van der Waals surface area contributed by atoms with Gasteiger partial charge in [0.2, 0.25) is 0 Å². The van der Waals surface area contributed by atoms with Gasteiger partial charge in [-0.1, -0.05) is 0 Å². The number of anilines is 1. The first-order chi connectivity index (χ1) is 10.2. The van der Waals surface area contributed by atoms with Crippen LogP contribution in [0.3, 0.4) is 0 Å². The van der Waals surface area contributed by atoms with Gasteiger partial charge in [0.05, 0.1) is 29.7 Å². The van der Waals surface area contributed by atoms with Crippen LogP contribution in [0.25, 0.3) is 5.82 Å². The molecule has 0 radical (unpaired) electrons. The molecule has 1 aliphatic rings. The lowest BCUT2D eigenvalue weighted by atomic mass is 10.0. The molecule has 2 aromatic heterocycles. The summed E-state index contributed by atoms with van der Waals surface area (Å²) >= 11 is 0. The standard InChI is InChI=1S/C15H18N4O2/c1-2-21-15(20)10-7-14(17-8-11(10)16)19-9-18-12-5-3-4-6-13(12)19/h7-9H,2-6,16H2,1H3. The van der Waals surface area contributed by atoms with Gasteiger partial charge < -0.3 is 10.5 Å². The second-order valence-electron chi connectivity index (χ2n) is 5.07. The Bertz CT molecular complexity index is 678. The molecule has 0 bridgehead atoms. The minimum absolute atomic E-state index is 0.316. The van der Waals surface area contributed by atoms with Crippen molar-refractivity contribution >= 4 is 11.7 Å². The molecular weight excluding hydrogens is 268 g/mol. The molecule has 3 rings (SSSR count). The molecule has 2 heterocycles. The predicted molar refractivity (Wildman–Crippen MR) is 78.4 cm³/mol. The van der Waals surface area contributed by atoms with Gasteiger partial charge >= 0.3 is 5.97 Å². The van der Waals surface area contributed by atoms with Gasteiger partial charge in [-0.15, -0.1) is 0 Å². The van der Waals surface area contributed by atoms with Crippen molar-refractivity contribution in [3.05, 3.63) is 35.5 Å². The van der Waals surface area contributed by atoms with Gasteiger partial charge in [0, 0.05) is 5.69 Å². The molecule has 0 spiro atoms. The van der Waals surface area contributed by atoms with E-state index in [1.165, 1.54) is 18.3 Å². The number of pyridine rings is 1. The van der Waals surface area contributed by atoms with Crippen molar-refractivity contribution < 1.29 is 9.53 Å². The summed E-state index contributed by atoms with van der Waals surface area (Å²) in [5, 5.41) is 0. The zero-order valence-electron chi connectivity index (χ0n) is 12.0. The Morgan fingerprint density at radius 2 is 2.19 bits per heavy atom. The zero-order chi connectivity index (χ0) is 14.8. The molecule has 0 fully saturated rings. The maximum absolute atomic E-state index is 11.9. The number of nitrogens with two attached hydrogens (primary N) is 1. The van der Waals surface area contributed by atoms with Gasteiger partial charge in [0.25, 0.3) is 0 Å². The van der Waals surface area contributed by atoms with Crippen LogP contribution in [0.5, 0.6) is 0 Å². The van der Waals surface area contributed by atoms with Gasteiger partial charge in [-0.3, -0.25) is 4.57 Å². The van der Waals surface area contributed by atoms with Crippen LogP contribution in [-0.2, 0) is 17.6 Å². The summed E-state index contributed by atoms with van der Waals surface area (Å²) in [6.45, 7) is 2.08. The normalized spacial score (nSPS) is 13.8. The van der Waals surface area contributed by atoms with Crippen molar-refractivity contribution in [1.29, 1.82) is 0 Å². The summed E-state index contributed by atoms with van der Waals surface area (Å²) < 4.78 is 6.96. The maximum atomic E-state index is 11.9. The number of aromatic nitrogens is 3. The molecule has 110 valence electrons. The van der Waals surface area contributed by atoms with Crippen LogP contribution >= 0.6 is 0 Å². The van der Waals surface area contributed by atoms with Gasteiger partial charge in [-0.05, 0) is 38.7 Å². The Morgan fingerprint density at radius 1 is 1.38 bits per heavy atom. The predicted octanol–water partition coefficient (Wildman–Crippen LogP) is 1.90. The quantitative estimate of drug-likeness (QED) is 0.871. The van der Waals surface area contributed by atoms with Crippen molar-refractivity contribution in [1.82, 2.24) is 14.5 Å². The average Bonchev–Trinajstić information content (AvgIpc) is 2.92. The maximum Gasteiger partial charge on any atom is 0.340 e. The molecule has 1 aliphatic carbocycles. The first-order valence-electron chi connectivity index (χ1n) is 7.18. The third-order valence-corrected chi connectivity index (χ3v) is 3.69. The first-order valence-corrected chi connectivity index (χ1v) is 7.18. The Kier molecular flexibility index (Phi) is 3.60. The topological polar surface area (TPSA) is 83.0 Å². The number of fused-ring (bicyclic) bond motifs is 1. The van der Waals surface area contributed by atoms with Crippen molar-refractivity contribution in [2.75, 3.05) is 12.3 Å². The fourth-order valence-corrected chi connectivity index (χ4v) is 2.64. The van der Waals surface area contributed by atoms with Crippen LogP contribution in [0.4, 0.5) is 5.69 Å². The van der Waals surface area contributed by atoms with E-state index in [9.17, 15) is 4.79 Å². The Balaban J connectivity index is 2.01. The summed E-state index contributed by atoms with van der Waals surface area (Å²) in [4.78, 5) is 20.7. The molecule has 21 heavy (non-hydrogen) atoms. The van der Waals surface area contributed by atoms with Crippen LogP contribution in [-0.4, -0.2) is 27.1 Å². The third kappa shape index (κ3) is 2.49. The first kappa shape index (κ1) is 13.6. The zero-order valence-corrected chi connectivity index (χ0v) is 12.0. The van der Waals surface area contributed by atoms with E-state index in [0.29, 0.717) is 23.7 Å². The highest BCUT2D eigenvalue weighted by atomic mass is 16.5. The van der Waals surface area contributed by atoms with E-state index < -0.39 is 5.97 Å². The number of rotatable bonds is 3. The summed E-state index contributed by atoms with van der Waals surface area (Å²) in [5.41, 5.74) is 8.79. The van der Waals surface area contributed by atoms with Crippen molar-refractivity contribution in [2.24, 2.45) is 0 Å². The molecule has 2 N–H and O–H groups in total. The van der Waals surface area contributed by atoms with Crippen LogP contribution in [0, 0.1) is 0 Å². The van der Waals surface area contributed by atoms with Gasteiger partial charge in [0.15, 0.2) is 0 Å². The highest BCUT2D eigenvalue weighted by Gasteiger charge is 2.19. The summed E-state index contributed by atoms with van der Waals surface area (Å²) in [6.07, 6.45) is 7.57. The van der Waals surface area contributed by atoms with Gasteiger partial charge in [-0.25, -0.2) is 14.8 Å². The average molecular weight is 286 g/mol. The molecule has 0 unspecified atom stereocenters. The number of carbonyl (C=O) groups is 1. The van der Waals surface area contributed by atoms with Gasteiger partial charge in [0.1, 0.15) is 12.1 Å². The number of hydrogen-bond acceptors (Lipinski definition) is 5. The summed E-state index contributed by atoms with van der Waals surface area (Å²) in [5.74, 6) is 0.232. The number of ether oxygens (including phenoxy) is 1. The van der Waals surface area contributed by atoms with Crippen LogP contribution in [0.1, 0.15) is 41.5 Å². The molecule has 0 aliphatic heterocycles. The van der Waals surface area contributed by atoms with E-state index in [4.69, 9.17) is 10.5 Å². The monoisotopic (exact) mass is 286 g/mol. The number of aryl methyl sites for hydroxylation is 1. The lowest BCUT2D eigenvalue weighted by molar-refractivity contribution is 0.0527. The van der Waals surface area contributed by atoms with E-state index in [0.717, 1.165) is 25.0 Å². The summed E-state index contributed by atoms with van der Waals surface area (Å²) in [6, 6.07) is 1.67. The third-order valence-electron chi connectivity index (χ3n) is 3.69. The number of nitrogens with zero attached hydrogens (tertiary/aromatic N) is 3. The highest BCUT2D eigenvalue weighted by Crippen LogP contribution is 2.23. The summed E-state index contributed by atoms with van der Waals surface area (Å²) in [7, 11) is 0. The fourth-order valence-electron chi connectivity index (χ4n) is 2.64. The van der Waals surface area contributed by atoms with Crippen LogP contribution in [0.15, 0.2) is 18.6 Å². The minimum Gasteiger partial charge on any atom is -0.462 e. The van der Waals surface area contributed by atoms with Crippen molar-refractivity contribution in [3.8, 4) is 5.82 Å². The Morgan fingerprint density at radius 3 is 3.00 bits per heavy atom. The number of esters is 1. The lowest BCUT2D eigenvalue weighted by Crippen LogP contribution is -2.12. The number of imidazole rings is 1. The molecule has 0 atom stereocenters. The van der Waals surface area contributed by atoms with Crippen LogP contribution in [0.2, 0.25) is 0 Å². The van der Waals surface area contributed by atoms with Crippen LogP contribution < -0.4 is 5.73 Å². The van der Waals surface area contributed by atoms with E-state index >= 15 is 0 Å². The molecule has 2 aromatic rings. The van der Waals surface area contributed by atoms with E-state index in [1.807, 2.05) is 4.57 Å². The Labute approximate surface area is 123 Å². The SMILES string of the molecule is CCOC(=O)c1cc(-n2cnc3c2CCCC3)ncc1N. The fraction of sp³-hybridized carbons (Fsp3) is 0.400. The lowest BCUT2D eigenvalue weighted by Gasteiger charge is -2.14. The van der Waals surface area contributed by atoms with E-state index in [1.54, 1.807) is 19.3 Å². The molecule has 0 saturated heterocycles. The molecule has 6 nitrogen and oxygen atoms in total. The van der Waals surface area contributed by atoms with Crippen molar-refractivity contribution in [3.63, 3.8) is 0 Å². The van der Waals surface area contributed by atoms with E-state index in [-0.39, 0.29) is 0 Å². The molecule has 0 aromatic carbocycles. The smallest absolute Gasteiger partial charge is 0.340 e. The second kappa shape index (κ2) is 5.55. The van der Waals surface area contributed by atoms with Crippen molar-refractivity contribution in [2.45, 2.75) is 32.6 Å². The molecular formula is C15H18N4O2. The molecule has 6 heteroatoms.